The number of benzene rings is 1. The summed E-state index contributed by atoms with van der Waals surface area (Å²) in [6, 6.07) is 5.47. The second kappa shape index (κ2) is 8.34. The second-order valence-corrected chi connectivity index (χ2v) is 8.19. The third kappa shape index (κ3) is 3.77. The molecule has 2 aliphatic heterocycles. The van der Waals surface area contributed by atoms with Gasteiger partial charge in [0.1, 0.15) is 16.9 Å². The van der Waals surface area contributed by atoms with E-state index in [1.807, 2.05) is 6.92 Å². The molecule has 2 heterocycles. The molecule has 0 spiro atoms. The molecule has 1 saturated heterocycles. The number of aliphatic carboxylic acids is 2. The Morgan fingerprint density at radius 1 is 1.17 bits per heavy atom. The molecular weight excluding hydrogens is 416 g/mol. The highest BCUT2D eigenvalue weighted by Crippen LogP contribution is 2.45. The fourth-order valence-corrected chi connectivity index (χ4v) is 4.78. The molecule has 1 aromatic carbocycles. The maximum atomic E-state index is 13.1. The van der Waals surface area contributed by atoms with Gasteiger partial charge in [0.25, 0.3) is 11.8 Å². The number of unbranched alkanes of at least 4 members (excludes halogenated alkanes) is 1. The molecule has 3 rings (SSSR count). The largest absolute Gasteiger partial charge is 0.480 e. The van der Waals surface area contributed by atoms with Gasteiger partial charge in [-0.1, -0.05) is 61.9 Å². The summed E-state index contributed by atoms with van der Waals surface area (Å²) in [5.41, 5.74) is 0.877. The van der Waals surface area contributed by atoms with Crippen LogP contribution in [0.15, 0.2) is 29.2 Å². The number of nitrogens with zero attached hydrogens (tertiary/aromatic N) is 2. The lowest BCUT2D eigenvalue weighted by molar-refractivity contribution is -0.145. The molecule has 0 saturated carbocycles. The Bertz CT molecular complexity index is 958. The van der Waals surface area contributed by atoms with Gasteiger partial charge in [-0.3, -0.25) is 24.2 Å². The van der Waals surface area contributed by atoms with Crippen LogP contribution in [0.4, 0.5) is 5.69 Å². The van der Waals surface area contributed by atoms with Crippen molar-refractivity contribution >= 4 is 63.3 Å². The fourth-order valence-electron chi connectivity index (χ4n) is 3.35. The summed E-state index contributed by atoms with van der Waals surface area (Å²) in [6.07, 6.45) is 1.61. The Morgan fingerprint density at radius 2 is 1.86 bits per heavy atom. The normalized spacial score (nSPS) is 19.7. The topological polar surface area (TPSA) is 115 Å². The Balaban J connectivity index is 2.06. The van der Waals surface area contributed by atoms with Crippen molar-refractivity contribution in [1.82, 2.24) is 4.90 Å². The van der Waals surface area contributed by atoms with Gasteiger partial charge in [0.05, 0.1) is 16.2 Å². The van der Waals surface area contributed by atoms with E-state index < -0.39 is 36.3 Å². The number of amides is 2. The Hall–Kier alpha value is -2.72. The number of hydrogen-bond acceptors (Lipinski definition) is 6. The highest BCUT2D eigenvalue weighted by atomic mass is 32.2. The van der Waals surface area contributed by atoms with E-state index >= 15 is 0 Å². The van der Waals surface area contributed by atoms with Crippen LogP contribution in [0, 0.1) is 0 Å². The van der Waals surface area contributed by atoms with Gasteiger partial charge in [-0.2, -0.15) is 0 Å². The van der Waals surface area contributed by atoms with E-state index in [4.69, 9.17) is 17.3 Å². The van der Waals surface area contributed by atoms with Crippen LogP contribution in [0.3, 0.4) is 0 Å². The lowest BCUT2D eigenvalue weighted by atomic mass is 10.1. The van der Waals surface area contributed by atoms with E-state index in [0.29, 0.717) is 17.7 Å². The van der Waals surface area contributed by atoms with Gasteiger partial charge in [0.15, 0.2) is 0 Å². The predicted octanol–water partition coefficient (Wildman–Crippen LogP) is 2.33. The summed E-state index contributed by atoms with van der Waals surface area (Å²) < 4.78 is 0.0722. The summed E-state index contributed by atoms with van der Waals surface area (Å²) >= 11 is 6.14. The first kappa shape index (κ1) is 21.0. The number of anilines is 1. The number of carbonyl (C=O) groups excluding carboxylic acids is 2. The third-order valence-electron chi connectivity index (χ3n) is 4.67. The lowest BCUT2D eigenvalue weighted by Gasteiger charge is -2.22. The molecule has 0 aromatic heterocycles. The van der Waals surface area contributed by atoms with Crippen molar-refractivity contribution in [3.8, 4) is 0 Å². The van der Waals surface area contributed by atoms with Gasteiger partial charge in [-0.15, -0.1) is 0 Å². The van der Waals surface area contributed by atoms with Gasteiger partial charge >= 0.3 is 11.9 Å². The maximum Gasteiger partial charge on any atom is 0.326 e. The summed E-state index contributed by atoms with van der Waals surface area (Å²) in [5, 5.41) is 18.7. The number of carboxylic acid groups (broad SMARTS) is 2. The number of thioether (sulfide) groups is 1. The minimum Gasteiger partial charge on any atom is -0.480 e. The standard InChI is InChI=1S/C19H18N2O6S2/c1-2-3-7-12(18(26)27)21-17(25)15(29-19(21)28)14-10-6-4-5-8-11(10)20(16(14)24)9-13(22)23/h4-6,8,12H,2-3,7,9H2,1H3,(H,22,23)(H,26,27)/b15-14-/t12-/m1/s1. The van der Waals surface area contributed by atoms with E-state index in [-0.39, 0.29) is 21.2 Å². The minimum absolute atomic E-state index is 0.0306. The monoisotopic (exact) mass is 434 g/mol. The number of carbonyl (C=O) groups is 4. The molecule has 152 valence electrons. The van der Waals surface area contributed by atoms with Crippen LogP contribution < -0.4 is 4.90 Å². The van der Waals surface area contributed by atoms with Crippen molar-refractivity contribution in [2.45, 2.75) is 32.2 Å². The quantitative estimate of drug-likeness (QED) is 0.496. The smallest absolute Gasteiger partial charge is 0.326 e. The van der Waals surface area contributed by atoms with E-state index in [1.165, 1.54) is 0 Å². The highest BCUT2D eigenvalue weighted by molar-refractivity contribution is 8.26. The molecule has 0 unspecified atom stereocenters. The molecule has 1 fully saturated rings. The Labute approximate surface area is 176 Å². The molecule has 29 heavy (non-hydrogen) atoms. The van der Waals surface area contributed by atoms with Crippen LogP contribution in [-0.4, -0.2) is 55.8 Å². The van der Waals surface area contributed by atoms with Gasteiger partial charge in [-0.25, -0.2) is 4.79 Å². The fraction of sp³-hybridized carbons (Fsp3) is 0.316. The molecule has 0 bridgehead atoms. The molecule has 1 aromatic rings. The first-order valence-electron chi connectivity index (χ1n) is 8.93. The third-order valence-corrected chi connectivity index (χ3v) is 6.07. The SMILES string of the molecule is CCCC[C@H](C(=O)O)N1C(=O)/C(=C2/C(=O)N(CC(=O)O)c3ccccc32)SC1=S. The molecule has 2 aliphatic rings. The van der Waals surface area contributed by atoms with Gasteiger partial charge < -0.3 is 10.2 Å². The van der Waals surface area contributed by atoms with E-state index in [2.05, 4.69) is 0 Å². The summed E-state index contributed by atoms with van der Waals surface area (Å²) in [7, 11) is 0. The molecule has 2 N–H and O–H groups in total. The van der Waals surface area contributed by atoms with Crippen LogP contribution in [0.5, 0.6) is 0 Å². The molecule has 0 aliphatic carbocycles. The Kier molecular flexibility index (Phi) is 6.04. The molecule has 2 amide bonds. The molecule has 10 heteroatoms. The van der Waals surface area contributed by atoms with Crippen molar-refractivity contribution in [2.24, 2.45) is 0 Å². The van der Waals surface area contributed by atoms with Crippen LogP contribution in [0.25, 0.3) is 5.57 Å². The highest BCUT2D eigenvalue weighted by Gasteiger charge is 2.45. The van der Waals surface area contributed by atoms with E-state index in [9.17, 15) is 24.3 Å². The maximum absolute atomic E-state index is 13.1. The molecule has 8 nitrogen and oxygen atoms in total. The average molecular weight is 434 g/mol. The predicted molar refractivity (Wildman–Crippen MR) is 111 cm³/mol. The lowest BCUT2D eigenvalue weighted by Crippen LogP contribution is -2.44. The van der Waals surface area contributed by atoms with Crippen LogP contribution in [-0.2, 0) is 19.2 Å². The molecule has 1 atom stereocenters. The zero-order valence-corrected chi connectivity index (χ0v) is 17.1. The summed E-state index contributed by atoms with van der Waals surface area (Å²) in [6.45, 7) is 1.37. The zero-order chi connectivity index (χ0) is 21.3. The van der Waals surface area contributed by atoms with Crippen LogP contribution in [0.2, 0.25) is 0 Å². The molecular formula is C19H18N2O6S2. The summed E-state index contributed by atoms with van der Waals surface area (Å²) in [4.78, 5) is 51.2. The minimum atomic E-state index is -1.19. The number of rotatable bonds is 7. The first-order valence-corrected chi connectivity index (χ1v) is 10.2. The van der Waals surface area contributed by atoms with Gasteiger partial charge in [0.2, 0.25) is 0 Å². The van der Waals surface area contributed by atoms with Gasteiger partial charge in [-0.05, 0) is 12.5 Å². The first-order chi connectivity index (χ1) is 13.8. The van der Waals surface area contributed by atoms with Crippen molar-refractivity contribution in [3.63, 3.8) is 0 Å². The van der Waals surface area contributed by atoms with Crippen molar-refractivity contribution in [1.29, 1.82) is 0 Å². The van der Waals surface area contributed by atoms with E-state index in [1.54, 1.807) is 24.3 Å². The number of fused-ring (bicyclic) bond motifs is 1. The van der Waals surface area contributed by atoms with Crippen molar-refractivity contribution in [2.75, 3.05) is 11.4 Å². The number of carboxylic acids is 2. The van der Waals surface area contributed by atoms with Crippen LogP contribution in [0.1, 0.15) is 31.7 Å². The zero-order valence-electron chi connectivity index (χ0n) is 15.5. The number of para-hydroxylation sites is 1. The number of hydrogen-bond donors (Lipinski definition) is 2. The average Bonchev–Trinajstić information content (AvgIpc) is 3.09. The number of thiocarbonyl (C=S) groups is 1. The molecule has 0 radical (unpaired) electrons. The van der Waals surface area contributed by atoms with Crippen molar-refractivity contribution in [3.05, 3.63) is 34.7 Å². The van der Waals surface area contributed by atoms with Crippen molar-refractivity contribution < 1.29 is 29.4 Å². The van der Waals surface area contributed by atoms with Gasteiger partial charge in [0, 0.05) is 5.56 Å². The Morgan fingerprint density at radius 3 is 2.48 bits per heavy atom. The summed E-state index contributed by atoms with van der Waals surface area (Å²) in [5.74, 6) is -3.60. The van der Waals surface area contributed by atoms with Crippen LogP contribution >= 0.6 is 24.0 Å². The second-order valence-electron chi connectivity index (χ2n) is 6.55. The van der Waals surface area contributed by atoms with E-state index in [0.717, 1.165) is 28.0 Å².